The topological polar surface area (TPSA) is 71.5 Å². The van der Waals surface area contributed by atoms with E-state index in [9.17, 15) is 9.59 Å². The molecule has 2 amide bonds. The molecule has 0 bridgehead atoms. The van der Waals surface area contributed by atoms with Crippen molar-refractivity contribution >= 4 is 29.0 Å². The van der Waals surface area contributed by atoms with Gasteiger partial charge in [-0.15, -0.1) is 11.3 Å². The van der Waals surface area contributed by atoms with Crippen molar-refractivity contribution in [2.75, 3.05) is 11.9 Å². The Kier molecular flexibility index (Phi) is 5.27. The number of amides is 2. The molecule has 1 aromatic heterocycles. The van der Waals surface area contributed by atoms with Crippen LogP contribution in [0.15, 0.2) is 35.8 Å². The highest BCUT2D eigenvalue weighted by Gasteiger charge is 2.36. The van der Waals surface area contributed by atoms with E-state index in [1.807, 2.05) is 50.4 Å². The van der Waals surface area contributed by atoms with Crippen molar-refractivity contribution in [1.29, 1.82) is 0 Å². The summed E-state index contributed by atoms with van der Waals surface area (Å²) in [6, 6.07) is 7.06. The van der Waals surface area contributed by atoms with E-state index in [2.05, 4.69) is 10.3 Å². The van der Waals surface area contributed by atoms with Gasteiger partial charge in [-0.05, 0) is 45.7 Å². The van der Waals surface area contributed by atoms with Crippen LogP contribution < -0.4 is 5.32 Å². The number of likely N-dealkylation sites (tertiary alicyclic amines) is 1. The minimum atomic E-state index is -0.581. The third-order valence-electron chi connectivity index (χ3n) is 3.99. The van der Waals surface area contributed by atoms with Crippen LogP contribution in [0.3, 0.4) is 0 Å². The summed E-state index contributed by atoms with van der Waals surface area (Å²) in [5.74, 6) is -0.190. The summed E-state index contributed by atoms with van der Waals surface area (Å²) < 4.78 is 5.42. The smallest absolute Gasteiger partial charge is 0.410 e. The molecule has 138 valence electrons. The lowest BCUT2D eigenvalue weighted by molar-refractivity contribution is -0.120. The number of thiazole rings is 1. The molecular weight excluding hydrogens is 350 g/mol. The van der Waals surface area contributed by atoms with Gasteiger partial charge in [0.2, 0.25) is 5.91 Å². The molecule has 1 fully saturated rings. The van der Waals surface area contributed by atoms with Gasteiger partial charge in [-0.1, -0.05) is 12.1 Å². The molecule has 3 rings (SSSR count). The monoisotopic (exact) mass is 373 g/mol. The Bertz CT molecular complexity index is 784. The molecule has 1 aromatic carbocycles. The quantitative estimate of drug-likeness (QED) is 0.877. The van der Waals surface area contributed by atoms with Gasteiger partial charge in [0.05, 0.1) is 0 Å². The maximum Gasteiger partial charge on any atom is 0.410 e. The van der Waals surface area contributed by atoms with Gasteiger partial charge < -0.3 is 10.1 Å². The van der Waals surface area contributed by atoms with Gasteiger partial charge in [0.25, 0.3) is 0 Å². The van der Waals surface area contributed by atoms with Crippen molar-refractivity contribution in [3.8, 4) is 10.6 Å². The molecular formula is C19H23N3O3S. The summed E-state index contributed by atoms with van der Waals surface area (Å²) in [4.78, 5) is 30.9. The fourth-order valence-electron chi connectivity index (χ4n) is 2.90. The Morgan fingerprint density at radius 1 is 1.35 bits per heavy atom. The minimum Gasteiger partial charge on any atom is -0.444 e. The van der Waals surface area contributed by atoms with Crippen molar-refractivity contribution in [2.24, 2.45) is 0 Å². The predicted octanol–water partition coefficient (Wildman–Crippen LogP) is 4.15. The molecule has 26 heavy (non-hydrogen) atoms. The summed E-state index contributed by atoms with van der Waals surface area (Å²) in [6.45, 7) is 5.99. The van der Waals surface area contributed by atoms with E-state index in [1.165, 1.54) is 4.90 Å². The first-order valence-corrected chi connectivity index (χ1v) is 9.52. The molecule has 1 aliphatic rings. The number of carbonyl (C=O) groups is 2. The lowest BCUT2D eigenvalue weighted by Crippen LogP contribution is -2.45. The van der Waals surface area contributed by atoms with E-state index in [0.717, 1.165) is 17.0 Å². The first-order chi connectivity index (χ1) is 12.3. The van der Waals surface area contributed by atoms with Crippen LogP contribution in [0.4, 0.5) is 10.5 Å². The highest BCUT2D eigenvalue weighted by molar-refractivity contribution is 7.13. The fraction of sp³-hybridized carbons (Fsp3) is 0.421. The SMILES string of the molecule is CC(C)(C)OC(=O)N1CCC[C@H]1C(=O)Nc1cccc(-c2nccs2)c1. The number of hydrogen-bond acceptors (Lipinski definition) is 5. The van der Waals surface area contributed by atoms with Crippen LogP contribution in [0.2, 0.25) is 0 Å². The van der Waals surface area contributed by atoms with Crippen LogP contribution in [-0.4, -0.2) is 40.1 Å². The lowest BCUT2D eigenvalue weighted by Gasteiger charge is -2.28. The highest BCUT2D eigenvalue weighted by atomic mass is 32.1. The zero-order valence-corrected chi connectivity index (χ0v) is 16.0. The molecule has 1 aliphatic heterocycles. The Morgan fingerprint density at radius 2 is 2.15 bits per heavy atom. The van der Waals surface area contributed by atoms with E-state index in [-0.39, 0.29) is 5.91 Å². The molecule has 1 atom stereocenters. The van der Waals surface area contributed by atoms with E-state index in [1.54, 1.807) is 17.5 Å². The van der Waals surface area contributed by atoms with Gasteiger partial charge >= 0.3 is 6.09 Å². The number of anilines is 1. The molecule has 0 aliphatic carbocycles. The minimum absolute atomic E-state index is 0.190. The number of benzene rings is 1. The van der Waals surface area contributed by atoms with Crippen LogP contribution in [0.25, 0.3) is 10.6 Å². The van der Waals surface area contributed by atoms with Gasteiger partial charge in [-0.25, -0.2) is 9.78 Å². The van der Waals surface area contributed by atoms with Gasteiger partial charge in [-0.2, -0.15) is 0 Å². The lowest BCUT2D eigenvalue weighted by atomic mass is 10.1. The van der Waals surface area contributed by atoms with E-state index in [0.29, 0.717) is 18.7 Å². The average molecular weight is 373 g/mol. The third kappa shape index (κ3) is 4.40. The van der Waals surface area contributed by atoms with Crippen molar-refractivity contribution in [3.63, 3.8) is 0 Å². The molecule has 6 nitrogen and oxygen atoms in total. The Hall–Kier alpha value is -2.41. The second kappa shape index (κ2) is 7.45. The largest absolute Gasteiger partial charge is 0.444 e. The molecule has 0 spiro atoms. The number of aromatic nitrogens is 1. The fourth-order valence-corrected chi connectivity index (χ4v) is 3.54. The average Bonchev–Trinajstić information content (AvgIpc) is 3.25. The van der Waals surface area contributed by atoms with Crippen LogP contribution in [-0.2, 0) is 9.53 Å². The summed E-state index contributed by atoms with van der Waals surface area (Å²) in [6.07, 6.45) is 2.74. The van der Waals surface area contributed by atoms with Crippen LogP contribution >= 0.6 is 11.3 Å². The molecule has 1 saturated heterocycles. The summed E-state index contributed by atoms with van der Waals surface area (Å²) in [7, 11) is 0. The van der Waals surface area contributed by atoms with Crippen molar-refractivity contribution < 1.29 is 14.3 Å². The molecule has 0 radical (unpaired) electrons. The summed E-state index contributed by atoms with van der Waals surface area (Å²) in [5, 5.41) is 5.74. The second-order valence-corrected chi connectivity index (χ2v) is 8.13. The van der Waals surface area contributed by atoms with Gasteiger partial charge in [0, 0.05) is 29.4 Å². The van der Waals surface area contributed by atoms with Crippen molar-refractivity contribution in [3.05, 3.63) is 35.8 Å². The number of rotatable bonds is 3. The normalized spacial score (nSPS) is 17.2. The number of nitrogens with one attached hydrogen (secondary N) is 1. The molecule has 2 heterocycles. The van der Waals surface area contributed by atoms with E-state index >= 15 is 0 Å². The van der Waals surface area contributed by atoms with Gasteiger partial charge in [0.15, 0.2) is 0 Å². The van der Waals surface area contributed by atoms with Crippen LogP contribution in [0, 0.1) is 0 Å². The zero-order valence-electron chi connectivity index (χ0n) is 15.2. The molecule has 2 aromatic rings. The predicted molar refractivity (Wildman–Crippen MR) is 102 cm³/mol. The molecule has 7 heteroatoms. The number of nitrogens with zero attached hydrogens (tertiary/aromatic N) is 2. The molecule has 1 N–H and O–H groups in total. The van der Waals surface area contributed by atoms with E-state index in [4.69, 9.17) is 4.74 Å². The van der Waals surface area contributed by atoms with E-state index < -0.39 is 17.7 Å². The van der Waals surface area contributed by atoms with Crippen LogP contribution in [0.1, 0.15) is 33.6 Å². The second-order valence-electron chi connectivity index (χ2n) is 7.24. The standard InChI is InChI=1S/C19H23N3O3S/c1-19(2,3)25-18(24)22-10-5-8-15(22)16(23)21-14-7-4-6-13(12-14)17-20-9-11-26-17/h4,6-7,9,11-12,15H,5,8,10H2,1-3H3,(H,21,23)/t15-/m0/s1. The number of ether oxygens (including phenoxy) is 1. The maximum atomic E-state index is 12.7. The summed E-state index contributed by atoms with van der Waals surface area (Å²) in [5.41, 5.74) is 1.06. The first-order valence-electron chi connectivity index (χ1n) is 8.64. The van der Waals surface area contributed by atoms with Gasteiger partial charge in [-0.3, -0.25) is 9.69 Å². The maximum absolute atomic E-state index is 12.7. The Labute approximate surface area is 157 Å². The molecule has 0 saturated carbocycles. The molecule has 0 unspecified atom stereocenters. The van der Waals surface area contributed by atoms with Gasteiger partial charge in [0.1, 0.15) is 16.7 Å². The van der Waals surface area contributed by atoms with Crippen molar-refractivity contribution in [2.45, 2.75) is 45.3 Å². The first kappa shape index (κ1) is 18.4. The summed E-state index contributed by atoms with van der Waals surface area (Å²) >= 11 is 1.55. The number of hydrogen-bond donors (Lipinski definition) is 1. The Morgan fingerprint density at radius 3 is 2.85 bits per heavy atom. The Balaban J connectivity index is 1.69. The van der Waals surface area contributed by atoms with Crippen molar-refractivity contribution in [1.82, 2.24) is 9.88 Å². The zero-order chi connectivity index (χ0) is 18.7. The number of carbonyl (C=O) groups excluding carboxylic acids is 2. The third-order valence-corrected chi connectivity index (χ3v) is 4.82. The highest BCUT2D eigenvalue weighted by Crippen LogP contribution is 2.26. The van der Waals surface area contributed by atoms with Crippen LogP contribution in [0.5, 0.6) is 0 Å².